The number of piperidine rings is 1. The van der Waals surface area contributed by atoms with Crippen LogP contribution in [0, 0.1) is 17.8 Å². The number of nitrogens with one attached hydrogen (secondary N) is 1. The van der Waals surface area contributed by atoms with Gasteiger partial charge >= 0.3 is 0 Å². The van der Waals surface area contributed by atoms with Crippen molar-refractivity contribution in [2.75, 3.05) is 13.1 Å². The van der Waals surface area contributed by atoms with Crippen molar-refractivity contribution in [3.63, 3.8) is 0 Å². The first-order valence-corrected chi connectivity index (χ1v) is 6.71. The Bertz CT molecular complexity index is 247. The lowest BCUT2D eigenvalue weighted by atomic mass is 9.85. The molecule has 1 aliphatic heterocycles. The van der Waals surface area contributed by atoms with Crippen molar-refractivity contribution in [3.8, 4) is 0 Å². The Balaban J connectivity index is 2.45. The number of rotatable bonds is 4. The Morgan fingerprint density at radius 3 is 2.18 bits per heavy atom. The summed E-state index contributed by atoms with van der Waals surface area (Å²) in [6, 6.07) is 0.270. The van der Waals surface area contributed by atoms with E-state index in [-0.39, 0.29) is 17.9 Å². The van der Waals surface area contributed by atoms with Crippen molar-refractivity contribution in [1.29, 1.82) is 0 Å². The maximum absolute atomic E-state index is 11.5. The molecule has 4 heteroatoms. The molecule has 17 heavy (non-hydrogen) atoms. The van der Waals surface area contributed by atoms with E-state index in [0.29, 0.717) is 0 Å². The van der Waals surface area contributed by atoms with Crippen molar-refractivity contribution in [2.45, 2.75) is 46.6 Å². The molecule has 1 rings (SSSR count). The van der Waals surface area contributed by atoms with Crippen LogP contribution in [0.4, 0.5) is 0 Å². The average Bonchev–Trinajstić information content (AvgIpc) is 2.36. The second kappa shape index (κ2) is 6.36. The van der Waals surface area contributed by atoms with Gasteiger partial charge in [0.15, 0.2) is 0 Å². The van der Waals surface area contributed by atoms with Gasteiger partial charge in [0.2, 0.25) is 5.91 Å². The van der Waals surface area contributed by atoms with Crippen molar-refractivity contribution < 1.29 is 4.79 Å². The fraction of sp³-hybridized carbons (Fsp3) is 0.923. The molecule has 0 spiro atoms. The number of hydrogen-bond donors (Lipinski definition) is 2. The highest BCUT2D eigenvalue weighted by atomic mass is 16.2. The van der Waals surface area contributed by atoms with E-state index in [2.05, 4.69) is 31.1 Å². The lowest BCUT2D eigenvalue weighted by Gasteiger charge is -2.39. The van der Waals surface area contributed by atoms with Crippen molar-refractivity contribution in [3.05, 3.63) is 0 Å². The van der Waals surface area contributed by atoms with Crippen molar-refractivity contribution >= 4 is 5.91 Å². The first-order valence-electron chi connectivity index (χ1n) is 6.71. The highest BCUT2D eigenvalue weighted by Gasteiger charge is 2.29. The van der Waals surface area contributed by atoms with Crippen LogP contribution >= 0.6 is 0 Å². The zero-order valence-electron chi connectivity index (χ0n) is 11.6. The van der Waals surface area contributed by atoms with Crippen LogP contribution in [0.15, 0.2) is 0 Å². The minimum Gasteiger partial charge on any atom is -0.300 e. The van der Waals surface area contributed by atoms with Crippen LogP contribution in [0.1, 0.15) is 40.5 Å². The summed E-state index contributed by atoms with van der Waals surface area (Å²) in [4.78, 5) is 13.9. The zero-order chi connectivity index (χ0) is 13.0. The van der Waals surface area contributed by atoms with Gasteiger partial charge in [0.25, 0.3) is 0 Å². The van der Waals surface area contributed by atoms with Crippen LogP contribution in [-0.4, -0.2) is 29.9 Å². The number of carbonyl (C=O) groups is 1. The highest BCUT2D eigenvalue weighted by molar-refractivity contribution is 5.78. The maximum atomic E-state index is 11.5. The molecule has 0 aliphatic carbocycles. The number of hydrogen-bond acceptors (Lipinski definition) is 3. The minimum absolute atomic E-state index is 0.0457. The molecule has 0 radical (unpaired) electrons. The van der Waals surface area contributed by atoms with E-state index in [1.807, 2.05) is 6.92 Å². The molecule has 2 atom stereocenters. The highest BCUT2D eigenvalue weighted by Crippen LogP contribution is 2.26. The molecule has 4 nitrogen and oxygen atoms in total. The Morgan fingerprint density at radius 2 is 1.76 bits per heavy atom. The molecule has 1 amide bonds. The topological polar surface area (TPSA) is 58.4 Å². The molecule has 100 valence electrons. The largest absolute Gasteiger partial charge is 0.300 e. The van der Waals surface area contributed by atoms with Crippen LogP contribution < -0.4 is 11.3 Å². The van der Waals surface area contributed by atoms with Gasteiger partial charge in [0.05, 0.1) is 5.92 Å². The molecule has 2 unspecified atom stereocenters. The Morgan fingerprint density at radius 1 is 1.24 bits per heavy atom. The summed E-state index contributed by atoms with van der Waals surface area (Å²) in [6.45, 7) is 10.9. The Hall–Kier alpha value is -0.610. The van der Waals surface area contributed by atoms with Crippen molar-refractivity contribution in [1.82, 2.24) is 10.3 Å². The Kier molecular flexibility index (Phi) is 5.40. The first kappa shape index (κ1) is 14.5. The van der Waals surface area contributed by atoms with E-state index in [0.717, 1.165) is 24.9 Å². The van der Waals surface area contributed by atoms with Gasteiger partial charge in [-0.2, -0.15) is 0 Å². The summed E-state index contributed by atoms with van der Waals surface area (Å²) < 4.78 is 0. The number of likely N-dealkylation sites (tertiary alicyclic amines) is 1. The quantitative estimate of drug-likeness (QED) is 0.444. The van der Waals surface area contributed by atoms with E-state index < -0.39 is 0 Å². The normalized spacial score (nSPS) is 22.5. The number of nitrogens with two attached hydrogens (primary N) is 1. The van der Waals surface area contributed by atoms with Gasteiger partial charge in [0.1, 0.15) is 0 Å². The molecule has 1 aliphatic rings. The molecule has 3 N–H and O–H groups in total. The van der Waals surface area contributed by atoms with Crippen LogP contribution in [0.2, 0.25) is 0 Å². The summed E-state index contributed by atoms with van der Waals surface area (Å²) in [7, 11) is 0. The smallest absolute Gasteiger partial charge is 0.238 e. The summed E-state index contributed by atoms with van der Waals surface area (Å²) in [6.07, 6.45) is 2.50. The zero-order valence-corrected chi connectivity index (χ0v) is 11.6. The fourth-order valence-corrected chi connectivity index (χ4v) is 2.66. The van der Waals surface area contributed by atoms with Gasteiger partial charge in [-0.1, -0.05) is 20.8 Å². The number of hydrazine groups is 1. The summed E-state index contributed by atoms with van der Waals surface area (Å²) >= 11 is 0. The van der Waals surface area contributed by atoms with E-state index in [1.165, 1.54) is 12.8 Å². The van der Waals surface area contributed by atoms with Crippen LogP contribution in [-0.2, 0) is 4.79 Å². The number of carbonyl (C=O) groups excluding carboxylic acids is 1. The molecule has 1 fully saturated rings. The lowest BCUT2D eigenvalue weighted by molar-refractivity contribution is -0.126. The van der Waals surface area contributed by atoms with Gasteiger partial charge in [0, 0.05) is 6.04 Å². The molecule has 0 aromatic carbocycles. The SMILES string of the molecule is CC(C)C1CCN(C(C)C(C)C(=O)NN)CC1. The predicted octanol–water partition coefficient (Wildman–Crippen LogP) is 1.37. The third-order valence-corrected chi connectivity index (χ3v) is 4.37. The number of nitrogens with zero attached hydrogens (tertiary/aromatic N) is 1. The van der Waals surface area contributed by atoms with Crippen LogP contribution in [0.25, 0.3) is 0 Å². The molecule has 0 saturated carbocycles. The summed E-state index contributed by atoms with van der Waals surface area (Å²) in [5.74, 6) is 6.69. The summed E-state index contributed by atoms with van der Waals surface area (Å²) in [5.41, 5.74) is 2.25. The van der Waals surface area contributed by atoms with E-state index in [4.69, 9.17) is 5.84 Å². The van der Waals surface area contributed by atoms with Gasteiger partial charge in [-0.3, -0.25) is 15.1 Å². The Labute approximate surface area is 105 Å². The maximum Gasteiger partial charge on any atom is 0.238 e. The standard InChI is InChI=1S/C13H27N3O/c1-9(2)12-5-7-16(8-6-12)11(4)10(3)13(17)15-14/h9-12H,5-8,14H2,1-4H3,(H,15,17). The third kappa shape index (κ3) is 3.68. The van der Waals surface area contributed by atoms with Crippen LogP contribution in [0.5, 0.6) is 0 Å². The van der Waals surface area contributed by atoms with Gasteiger partial charge in [-0.25, -0.2) is 5.84 Å². The monoisotopic (exact) mass is 241 g/mol. The molecule has 0 bridgehead atoms. The summed E-state index contributed by atoms with van der Waals surface area (Å²) in [5, 5.41) is 0. The fourth-order valence-electron chi connectivity index (χ4n) is 2.66. The van der Waals surface area contributed by atoms with E-state index in [1.54, 1.807) is 0 Å². The average molecular weight is 241 g/mol. The molecule has 1 saturated heterocycles. The second-order valence-electron chi connectivity index (χ2n) is 5.66. The minimum atomic E-state index is -0.0662. The van der Waals surface area contributed by atoms with Gasteiger partial charge in [-0.05, 0) is 44.7 Å². The number of amides is 1. The van der Waals surface area contributed by atoms with E-state index in [9.17, 15) is 4.79 Å². The molecule has 0 aromatic heterocycles. The van der Waals surface area contributed by atoms with Gasteiger partial charge < -0.3 is 0 Å². The van der Waals surface area contributed by atoms with Gasteiger partial charge in [-0.15, -0.1) is 0 Å². The third-order valence-electron chi connectivity index (χ3n) is 4.37. The van der Waals surface area contributed by atoms with Crippen molar-refractivity contribution in [2.24, 2.45) is 23.6 Å². The first-order chi connectivity index (χ1) is 7.97. The predicted molar refractivity (Wildman–Crippen MR) is 70.1 cm³/mol. The molecular formula is C13H27N3O. The van der Waals surface area contributed by atoms with E-state index >= 15 is 0 Å². The lowest BCUT2D eigenvalue weighted by Crippen LogP contribution is -2.48. The molecule has 0 aromatic rings. The van der Waals surface area contributed by atoms with Crippen LogP contribution in [0.3, 0.4) is 0 Å². The second-order valence-corrected chi connectivity index (χ2v) is 5.66. The molecule has 1 heterocycles. The molecular weight excluding hydrogens is 214 g/mol.